The van der Waals surface area contributed by atoms with Crippen LogP contribution in [0.3, 0.4) is 0 Å². The van der Waals surface area contributed by atoms with Gasteiger partial charge in [0, 0.05) is 30.6 Å². The molecule has 5 rings (SSSR count). The predicted molar refractivity (Wildman–Crippen MR) is 126 cm³/mol. The molecule has 2 aromatic carbocycles. The van der Waals surface area contributed by atoms with Crippen molar-refractivity contribution in [2.45, 2.75) is 43.9 Å². The molecule has 1 saturated heterocycles. The fraction of sp³-hybridized carbons (Fsp3) is 0.481. The van der Waals surface area contributed by atoms with Gasteiger partial charge in [-0.05, 0) is 67.6 Å². The second-order valence-electron chi connectivity index (χ2n) is 9.66. The van der Waals surface area contributed by atoms with Gasteiger partial charge in [-0.1, -0.05) is 18.9 Å². The first-order valence-corrected chi connectivity index (χ1v) is 12.3. The number of amides is 2. The van der Waals surface area contributed by atoms with Crippen molar-refractivity contribution in [2.75, 3.05) is 32.8 Å². The third-order valence-corrected chi connectivity index (χ3v) is 7.49. The average Bonchev–Trinajstić information content (AvgIpc) is 3.37. The Balaban J connectivity index is 1.24. The number of carbonyl (C=O) groups excluding carboxylic acids is 2. The minimum absolute atomic E-state index is 0.000393. The lowest BCUT2D eigenvalue weighted by Crippen LogP contribution is -2.48. The Morgan fingerprint density at radius 3 is 2.50 bits per heavy atom. The van der Waals surface area contributed by atoms with E-state index in [0.717, 1.165) is 50.0 Å². The molecule has 2 fully saturated rings. The molecular weight excluding hydrogens is 435 g/mol. The summed E-state index contributed by atoms with van der Waals surface area (Å²) < 4.78 is 24.7. The second-order valence-corrected chi connectivity index (χ2v) is 9.66. The molecule has 1 saturated carbocycles. The SMILES string of the molecule is O=C(NCC1(c2ccc3c(c2)OCCO3)CCCC1)C1CCCN(C(=O)c2ccc(F)cc2)C1. The van der Waals surface area contributed by atoms with E-state index in [0.29, 0.717) is 38.4 Å². The van der Waals surface area contributed by atoms with Gasteiger partial charge in [-0.15, -0.1) is 0 Å². The van der Waals surface area contributed by atoms with Gasteiger partial charge < -0.3 is 19.7 Å². The van der Waals surface area contributed by atoms with E-state index in [-0.39, 0.29) is 29.0 Å². The van der Waals surface area contributed by atoms with Crippen LogP contribution in [0.1, 0.15) is 54.4 Å². The molecule has 3 aliphatic rings. The maximum Gasteiger partial charge on any atom is 0.253 e. The number of hydrogen-bond acceptors (Lipinski definition) is 4. The van der Waals surface area contributed by atoms with Crippen LogP contribution in [0.2, 0.25) is 0 Å². The highest BCUT2D eigenvalue weighted by Gasteiger charge is 2.38. The molecule has 2 amide bonds. The normalized spacial score (nSPS) is 21.2. The van der Waals surface area contributed by atoms with Crippen LogP contribution >= 0.6 is 0 Å². The van der Waals surface area contributed by atoms with Gasteiger partial charge in [-0.3, -0.25) is 9.59 Å². The van der Waals surface area contributed by atoms with Crippen molar-refractivity contribution in [1.29, 1.82) is 0 Å². The zero-order chi connectivity index (χ0) is 23.5. The van der Waals surface area contributed by atoms with Gasteiger partial charge in [-0.25, -0.2) is 4.39 Å². The van der Waals surface area contributed by atoms with Crippen LogP contribution in [-0.4, -0.2) is 49.6 Å². The first kappa shape index (κ1) is 22.7. The van der Waals surface area contributed by atoms with Gasteiger partial charge in [0.25, 0.3) is 5.91 Å². The van der Waals surface area contributed by atoms with Gasteiger partial charge in [0.05, 0.1) is 5.92 Å². The fourth-order valence-electron chi connectivity index (χ4n) is 5.54. The summed E-state index contributed by atoms with van der Waals surface area (Å²) in [6.07, 6.45) is 5.84. The number of piperidine rings is 1. The molecule has 0 bridgehead atoms. The van der Waals surface area contributed by atoms with E-state index in [4.69, 9.17) is 9.47 Å². The van der Waals surface area contributed by atoms with E-state index in [1.807, 2.05) is 6.07 Å². The molecule has 1 aliphatic carbocycles. The maximum absolute atomic E-state index is 13.2. The Hall–Kier alpha value is -3.09. The van der Waals surface area contributed by atoms with Crippen LogP contribution in [0.4, 0.5) is 4.39 Å². The van der Waals surface area contributed by atoms with Crippen molar-refractivity contribution < 1.29 is 23.5 Å². The van der Waals surface area contributed by atoms with Crippen molar-refractivity contribution in [2.24, 2.45) is 5.92 Å². The Kier molecular flexibility index (Phi) is 6.44. The van der Waals surface area contributed by atoms with Crippen molar-refractivity contribution in [3.63, 3.8) is 0 Å². The lowest BCUT2D eigenvalue weighted by Gasteiger charge is -2.34. The van der Waals surface area contributed by atoms with E-state index in [1.54, 1.807) is 4.90 Å². The summed E-state index contributed by atoms with van der Waals surface area (Å²) >= 11 is 0. The van der Waals surface area contributed by atoms with Gasteiger partial charge in [0.15, 0.2) is 11.5 Å². The summed E-state index contributed by atoms with van der Waals surface area (Å²) in [6.45, 7) is 2.69. The molecular formula is C27H31FN2O4. The van der Waals surface area contributed by atoms with Crippen LogP contribution < -0.4 is 14.8 Å². The number of nitrogens with zero attached hydrogens (tertiary/aromatic N) is 1. The monoisotopic (exact) mass is 466 g/mol. The molecule has 6 nitrogen and oxygen atoms in total. The minimum Gasteiger partial charge on any atom is -0.486 e. The number of ether oxygens (including phenoxy) is 2. The van der Waals surface area contributed by atoms with Crippen molar-refractivity contribution in [1.82, 2.24) is 10.2 Å². The molecule has 1 N–H and O–H groups in total. The summed E-state index contributed by atoms with van der Waals surface area (Å²) in [7, 11) is 0. The van der Waals surface area contributed by atoms with E-state index in [9.17, 15) is 14.0 Å². The standard InChI is InChI=1S/C27H31FN2O4/c28-22-8-5-19(6-9-22)26(32)30-13-3-4-20(17-30)25(31)29-18-27(11-1-2-12-27)21-7-10-23-24(16-21)34-15-14-33-23/h5-10,16,20H,1-4,11-15,17-18H2,(H,29,31). The summed E-state index contributed by atoms with van der Waals surface area (Å²) in [5.41, 5.74) is 1.53. The van der Waals surface area contributed by atoms with Gasteiger partial charge in [0.1, 0.15) is 19.0 Å². The Bertz CT molecular complexity index is 1050. The van der Waals surface area contributed by atoms with Crippen LogP contribution in [0.5, 0.6) is 11.5 Å². The number of halogens is 1. The highest BCUT2D eigenvalue weighted by molar-refractivity contribution is 5.94. The van der Waals surface area contributed by atoms with E-state index in [1.165, 1.54) is 29.8 Å². The molecule has 180 valence electrons. The number of carbonyl (C=O) groups is 2. The van der Waals surface area contributed by atoms with E-state index < -0.39 is 0 Å². The molecule has 1 unspecified atom stereocenters. The van der Waals surface area contributed by atoms with Gasteiger partial charge in [0.2, 0.25) is 5.91 Å². The largest absolute Gasteiger partial charge is 0.486 e. The topological polar surface area (TPSA) is 67.9 Å². The predicted octanol–water partition coefficient (Wildman–Crippen LogP) is 4.08. The van der Waals surface area contributed by atoms with Crippen LogP contribution in [0, 0.1) is 11.7 Å². The van der Waals surface area contributed by atoms with Gasteiger partial charge >= 0.3 is 0 Å². The van der Waals surface area contributed by atoms with Crippen molar-refractivity contribution in [3.05, 3.63) is 59.4 Å². The highest BCUT2D eigenvalue weighted by atomic mass is 19.1. The number of nitrogens with one attached hydrogen (secondary N) is 1. The van der Waals surface area contributed by atoms with Gasteiger partial charge in [-0.2, -0.15) is 0 Å². The second kappa shape index (κ2) is 9.65. The van der Waals surface area contributed by atoms with Crippen molar-refractivity contribution >= 4 is 11.8 Å². The molecule has 2 heterocycles. The Morgan fingerprint density at radius 2 is 1.74 bits per heavy atom. The molecule has 34 heavy (non-hydrogen) atoms. The summed E-state index contributed by atoms with van der Waals surface area (Å²) in [5.74, 6) is 0.800. The van der Waals surface area contributed by atoms with Crippen LogP contribution in [-0.2, 0) is 10.2 Å². The number of likely N-dealkylation sites (tertiary alicyclic amines) is 1. The first-order chi connectivity index (χ1) is 16.5. The van der Waals surface area contributed by atoms with Crippen LogP contribution in [0.25, 0.3) is 0 Å². The maximum atomic E-state index is 13.2. The van der Waals surface area contributed by atoms with E-state index >= 15 is 0 Å². The first-order valence-electron chi connectivity index (χ1n) is 12.3. The zero-order valence-corrected chi connectivity index (χ0v) is 19.4. The lowest BCUT2D eigenvalue weighted by atomic mass is 9.78. The third kappa shape index (κ3) is 4.61. The van der Waals surface area contributed by atoms with E-state index in [2.05, 4.69) is 17.4 Å². The number of benzene rings is 2. The molecule has 2 aliphatic heterocycles. The van der Waals surface area contributed by atoms with Crippen LogP contribution in [0.15, 0.2) is 42.5 Å². The third-order valence-electron chi connectivity index (χ3n) is 7.49. The molecule has 0 aromatic heterocycles. The molecule has 0 spiro atoms. The molecule has 0 radical (unpaired) electrons. The summed E-state index contributed by atoms with van der Waals surface area (Å²) in [6, 6.07) is 11.7. The van der Waals surface area contributed by atoms with Crippen molar-refractivity contribution in [3.8, 4) is 11.5 Å². The average molecular weight is 467 g/mol. The molecule has 1 atom stereocenters. The Labute approximate surface area is 199 Å². The zero-order valence-electron chi connectivity index (χ0n) is 19.4. The molecule has 7 heteroatoms. The Morgan fingerprint density at radius 1 is 1.00 bits per heavy atom. The number of hydrogen-bond donors (Lipinski definition) is 1. The molecule has 2 aromatic rings. The summed E-state index contributed by atoms with van der Waals surface area (Å²) in [4.78, 5) is 27.7. The number of fused-ring (bicyclic) bond motifs is 1. The fourth-order valence-corrected chi connectivity index (χ4v) is 5.54. The highest BCUT2D eigenvalue weighted by Crippen LogP contribution is 2.44. The summed E-state index contributed by atoms with van der Waals surface area (Å²) in [5, 5.41) is 3.22. The quantitative estimate of drug-likeness (QED) is 0.721. The minimum atomic E-state index is -0.369. The lowest BCUT2D eigenvalue weighted by molar-refractivity contribution is -0.126. The smallest absolute Gasteiger partial charge is 0.253 e. The number of rotatable bonds is 5.